The quantitative estimate of drug-likeness (QED) is 0.819. The van der Waals surface area contributed by atoms with Gasteiger partial charge in [0.1, 0.15) is 0 Å². The molecule has 1 aromatic carbocycles. The molecule has 17 heavy (non-hydrogen) atoms. The van der Waals surface area contributed by atoms with E-state index in [-0.39, 0.29) is 18.0 Å². The molecule has 1 amide bonds. The number of nitrogens with one attached hydrogen (secondary N) is 1. The Morgan fingerprint density at radius 1 is 1.35 bits per heavy atom. The number of carbonyl (C=O) groups is 1. The molecule has 92 valence electrons. The highest BCUT2D eigenvalue weighted by atomic mass is 16.1. The maximum Gasteiger partial charge on any atom is 0.251 e. The lowest BCUT2D eigenvalue weighted by Crippen LogP contribution is -2.42. The first-order valence-corrected chi connectivity index (χ1v) is 6.29. The van der Waals surface area contributed by atoms with Gasteiger partial charge in [0.25, 0.3) is 5.91 Å². The molecule has 0 bridgehead atoms. The number of nitrogens with two attached hydrogens (primary N) is 1. The third-order valence-corrected chi connectivity index (χ3v) is 3.44. The predicted molar refractivity (Wildman–Crippen MR) is 68.9 cm³/mol. The zero-order chi connectivity index (χ0) is 12.3. The van der Waals surface area contributed by atoms with Gasteiger partial charge in [0.05, 0.1) is 0 Å². The second-order valence-corrected chi connectivity index (χ2v) is 4.91. The van der Waals surface area contributed by atoms with Crippen molar-refractivity contribution in [1.29, 1.82) is 0 Å². The smallest absolute Gasteiger partial charge is 0.251 e. The lowest BCUT2D eigenvalue weighted by molar-refractivity contribution is 0.0925. The summed E-state index contributed by atoms with van der Waals surface area (Å²) in [5.74, 6) is 0.0298. The molecule has 0 unspecified atom stereocenters. The second kappa shape index (κ2) is 5.32. The van der Waals surface area contributed by atoms with Crippen molar-refractivity contribution in [2.75, 3.05) is 0 Å². The predicted octanol–water partition coefficient (Wildman–Crippen LogP) is 1.99. The van der Waals surface area contributed by atoms with E-state index in [4.69, 9.17) is 5.73 Å². The number of hydrogen-bond acceptors (Lipinski definition) is 2. The zero-order valence-electron chi connectivity index (χ0n) is 10.3. The lowest BCUT2D eigenvalue weighted by Gasteiger charge is -2.27. The number of rotatable bonds is 2. The van der Waals surface area contributed by atoms with Crippen LogP contribution < -0.4 is 11.1 Å². The summed E-state index contributed by atoms with van der Waals surface area (Å²) in [6, 6.07) is 8.16. The van der Waals surface area contributed by atoms with E-state index in [2.05, 4.69) is 5.32 Å². The Morgan fingerprint density at radius 2 is 2.12 bits per heavy atom. The van der Waals surface area contributed by atoms with Gasteiger partial charge in [0, 0.05) is 17.6 Å². The van der Waals surface area contributed by atoms with Crippen molar-refractivity contribution < 1.29 is 4.79 Å². The van der Waals surface area contributed by atoms with Crippen LogP contribution in [0.1, 0.15) is 41.6 Å². The molecule has 1 aromatic rings. The molecular weight excluding hydrogens is 212 g/mol. The summed E-state index contributed by atoms with van der Waals surface area (Å²) in [6.07, 6.45) is 4.14. The number of amides is 1. The molecule has 0 radical (unpaired) electrons. The van der Waals surface area contributed by atoms with Crippen LogP contribution in [0.4, 0.5) is 0 Å². The molecule has 0 aromatic heterocycles. The molecule has 2 rings (SSSR count). The van der Waals surface area contributed by atoms with Crippen molar-refractivity contribution in [2.24, 2.45) is 5.73 Å². The van der Waals surface area contributed by atoms with E-state index in [1.165, 1.54) is 0 Å². The van der Waals surface area contributed by atoms with Crippen LogP contribution in [-0.2, 0) is 0 Å². The van der Waals surface area contributed by atoms with Crippen LogP contribution in [0.2, 0.25) is 0 Å². The number of carbonyl (C=O) groups excluding carboxylic acids is 1. The summed E-state index contributed by atoms with van der Waals surface area (Å²) in [6.45, 7) is 1.96. The van der Waals surface area contributed by atoms with Gasteiger partial charge in [-0.1, -0.05) is 18.2 Å². The van der Waals surface area contributed by atoms with Crippen molar-refractivity contribution in [2.45, 2.75) is 44.7 Å². The average Bonchev–Trinajstić information content (AvgIpc) is 2.29. The minimum absolute atomic E-state index is 0.0298. The molecule has 0 spiro atoms. The Kier molecular flexibility index (Phi) is 3.79. The van der Waals surface area contributed by atoms with Crippen LogP contribution in [-0.4, -0.2) is 18.0 Å². The van der Waals surface area contributed by atoms with Crippen LogP contribution in [0.25, 0.3) is 0 Å². The molecule has 1 fully saturated rings. The minimum atomic E-state index is 0.0298. The van der Waals surface area contributed by atoms with Crippen LogP contribution >= 0.6 is 0 Å². The van der Waals surface area contributed by atoms with E-state index < -0.39 is 0 Å². The fourth-order valence-corrected chi connectivity index (χ4v) is 2.45. The summed E-state index contributed by atoms with van der Waals surface area (Å²) in [5.41, 5.74) is 7.71. The lowest BCUT2D eigenvalue weighted by atomic mass is 9.91. The largest absolute Gasteiger partial charge is 0.349 e. The van der Waals surface area contributed by atoms with Gasteiger partial charge in [-0.05, 0) is 44.2 Å². The summed E-state index contributed by atoms with van der Waals surface area (Å²) < 4.78 is 0. The van der Waals surface area contributed by atoms with Crippen LogP contribution in [0.3, 0.4) is 0 Å². The van der Waals surface area contributed by atoms with E-state index in [1.807, 2.05) is 31.2 Å². The average molecular weight is 232 g/mol. The first-order valence-electron chi connectivity index (χ1n) is 6.29. The third kappa shape index (κ3) is 3.07. The first-order chi connectivity index (χ1) is 8.16. The fourth-order valence-electron chi connectivity index (χ4n) is 2.45. The molecule has 3 N–H and O–H groups in total. The molecule has 1 saturated carbocycles. The Labute approximate surface area is 102 Å². The van der Waals surface area contributed by atoms with E-state index >= 15 is 0 Å². The molecule has 0 aliphatic heterocycles. The third-order valence-electron chi connectivity index (χ3n) is 3.44. The van der Waals surface area contributed by atoms with Gasteiger partial charge in [-0.3, -0.25) is 4.79 Å². The van der Waals surface area contributed by atoms with Crippen LogP contribution in [0.15, 0.2) is 24.3 Å². The van der Waals surface area contributed by atoms with Gasteiger partial charge in [-0.15, -0.1) is 0 Å². The monoisotopic (exact) mass is 232 g/mol. The second-order valence-electron chi connectivity index (χ2n) is 4.91. The highest BCUT2D eigenvalue weighted by Gasteiger charge is 2.21. The van der Waals surface area contributed by atoms with Crippen molar-refractivity contribution in [1.82, 2.24) is 5.32 Å². The fraction of sp³-hybridized carbons (Fsp3) is 0.500. The van der Waals surface area contributed by atoms with Crippen LogP contribution in [0.5, 0.6) is 0 Å². The summed E-state index contributed by atoms with van der Waals surface area (Å²) in [5, 5.41) is 3.09. The maximum atomic E-state index is 12.1. The number of hydrogen-bond donors (Lipinski definition) is 2. The SMILES string of the molecule is Cc1ccccc1C(=O)N[C@@H]1CCC[C@H](N)C1. The number of aryl methyl sites for hydroxylation is 1. The highest BCUT2D eigenvalue weighted by molar-refractivity contribution is 5.95. The van der Waals surface area contributed by atoms with E-state index in [1.54, 1.807) is 0 Å². The highest BCUT2D eigenvalue weighted by Crippen LogP contribution is 2.17. The van der Waals surface area contributed by atoms with Gasteiger partial charge in [0.2, 0.25) is 0 Å². The van der Waals surface area contributed by atoms with Gasteiger partial charge in [-0.25, -0.2) is 0 Å². The molecule has 1 aliphatic carbocycles. The summed E-state index contributed by atoms with van der Waals surface area (Å²) >= 11 is 0. The Morgan fingerprint density at radius 3 is 2.82 bits per heavy atom. The maximum absolute atomic E-state index is 12.1. The topological polar surface area (TPSA) is 55.1 Å². The van der Waals surface area contributed by atoms with Gasteiger partial charge < -0.3 is 11.1 Å². The molecule has 3 nitrogen and oxygen atoms in total. The van der Waals surface area contributed by atoms with Crippen molar-refractivity contribution >= 4 is 5.91 Å². The number of benzene rings is 1. The Bertz CT molecular complexity index is 403. The Balaban J connectivity index is 1.99. The van der Waals surface area contributed by atoms with Gasteiger partial charge in [-0.2, -0.15) is 0 Å². The van der Waals surface area contributed by atoms with Crippen LogP contribution in [0, 0.1) is 6.92 Å². The van der Waals surface area contributed by atoms with Crippen molar-refractivity contribution in [3.05, 3.63) is 35.4 Å². The molecule has 2 atom stereocenters. The Hall–Kier alpha value is -1.35. The van der Waals surface area contributed by atoms with Gasteiger partial charge >= 0.3 is 0 Å². The zero-order valence-corrected chi connectivity index (χ0v) is 10.3. The molecule has 1 aliphatic rings. The van der Waals surface area contributed by atoms with E-state index in [0.717, 1.165) is 36.8 Å². The first kappa shape index (κ1) is 12.1. The molecule has 3 heteroatoms. The van der Waals surface area contributed by atoms with E-state index in [0.29, 0.717) is 0 Å². The minimum Gasteiger partial charge on any atom is -0.349 e. The molecular formula is C14H20N2O. The van der Waals surface area contributed by atoms with Crippen molar-refractivity contribution in [3.8, 4) is 0 Å². The summed E-state index contributed by atoms with van der Waals surface area (Å²) in [7, 11) is 0. The van der Waals surface area contributed by atoms with Crippen molar-refractivity contribution in [3.63, 3.8) is 0 Å². The van der Waals surface area contributed by atoms with Gasteiger partial charge in [0.15, 0.2) is 0 Å². The normalized spacial score (nSPS) is 24.4. The van der Waals surface area contributed by atoms with E-state index in [9.17, 15) is 4.79 Å². The standard InChI is InChI=1S/C14H20N2O/c1-10-5-2-3-8-13(10)14(17)16-12-7-4-6-11(15)9-12/h2-3,5,8,11-12H,4,6-7,9,15H2,1H3,(H,16,17)/t11-,12+/m0/s1. The summed E-state index contributed by atoms with van der Waals surface area (Å²) in [4.78, 5) is 12.1. The molecule has 0 heterocycles. The molecule has 0 saturated heterocycles.